The molecule has 0 saturated heterocycles. The molecule has 0 N–H and O–H groups in total. The third-order valence-electron chi connectivity index (χ3n) is 5.47. The molecule has 2 aliphatic rings. The van der Waals surface area contributed by atoms with Crippen LogP contribution in [0.25, 0.3) is 0 Å². The summed E-state index contributed by atoms with van der Waals surface area (Å²) in [5, 5.41) is 0. The van der Waals surface area contributed by atoms with Crippen LogP contribution >= 0.6 is 0 Å². The number of ketones is 2. The van der Waals surface area contributed by atoms with Gasteiger partial charge in [-0.05, 0) is 46.0 Å². The van der Waals surface area contributed by atoms with Crippen LogP contribution in [0.3, 0.4) is 0 Å². The zero-order valence-corrected chi connectivity index (χ0v) is 17.6. The van der Waals surface area contributed by atoms with E-state index in [0.717, 1.165) is 22.3 Å². The first-order valence-electron chi connectivity index (χ1n) is 10.0. The largest absolute Gasteiger partial charge is 0.289 e. The summed E-state index contributed by atoms with van der Waals surface area (Å²) in [4.78, 5) is 25.6. The third-order valence-corrected chi connectivity index (χ3v) is 5.47. The van der Waals surface area contributed by atoms with Crippen LogP contribution in [-0.4, -0.2) is 11.6 Å². The molecule has 0 bridgehead atoms. The quantitative estimate of drug-likeness (QED) is 0.633. The average Bonchev–Trinajstić information content (AvgIpc) is 2.54. The van der Waals surface area contributed by atoms with E-state index in [4.69, 9.17) is 0 Å². The van der Waals surface area contributed by atoms with Gasteiger partial charge in [0.15, 0.2) is 11.6 Å². The number of carbonyl (C=O) groups is 2. The SMILES string of the molecule is CC(C)C1=CC(C2C=C(C(C)C)C(=O)C(C(C)C)=C2)C=C(C(C)C)C1=O. The summed E-state index contributed by atoms with van der Waals surface area (Å²) < 4.78 is 0. The number of carbonyl (C=O) groups excluding carboxylic acids is 2. The summed E-state index contributed by atoms with van der Waals surface area (Å²) in [6.07, 6.45) is 8.56. The van der Waals surface area contributed by atoms with Gasteiger partial charge in [-0.1, -0.05) is 79.7 Å². The Kier molecular flexibility index (Phi) is 6.26. The minimum Gasteiger partial charge on any atom is -0.289 e. The van der Waals surface area contributed by atoms with Gasteiger partial charge < -0.3 is 0 Å². The highest BCUT2D eigenvalue weighted by Crippen LogP contribution is 2.37. The fraction of sp³-hybridized carbons (Fsp3) is 0.583. The first kappa shape index (κ1) is 20.6. The van der Waals surface area contributed by atoms with Crippen molar-refractivity contribution < 1.29 is 9.59 Å². The molecular weight excluding hydrogens is 320 g/mol. The molecule has 26 heavy (non-hydrogen) atoms. The number of Topliss-reactive ketones (excluding diaryl/α,β-unsaturated/α-hetero) is 2. The van der Waals surface area contributed by atoms with Gasteiger partial charge in [0.2, 0.25) is 0 Å². The summed E-state index contributed by atoms with van der Waals surface area (Å²) in [6.45, 7) is 16.7. The predicted octanol–water partition coefficient (Wildman–Crippen LogP) is 5.71. The van der Waals surface area contributed by atoms with E-state index < -0.39 is 0 Å². The molecule has 0 fully saturated rings. The Bertz CT molecular complexity index is 590. The summed E-state index contributed by atoms with van der Waals surface area (Å²) in [7, 11) is 0. The average molecular weight is 355 g/mol. The van der Waals surface area contributed by atoms with Gasteiger partial charge >= 0.3 is 0 Å². The second-order valence-corrected chi connectivity index (χ2v) is 8.92. The molecule has 0 saturated carbocycles. The van der Waals surface area contributed by atoms with Gasteiger partial charge in [0.05, 0.1) is 0 Å². The predicted molar refractivity (Wildman–Crippen MR) is 109 cm³/mol. The molecule has 0 aromatic rings. The van der Waals surface area contributed by atoms with Gasteiger partial charge in [0, 0.05) is 11.8 Å². The molecule has 2 rings (SSSR count). The van der Waals surface area contributed by atoms with Gasteiger partial charge in [-0.3, -0.25) is 9.59 Å². The molecule has 2 aliphatic carbocycles. The minimum absolute atomic E-state index is 0.137. The van der Waals surface area contributed by atoms with Crippen LogP contribution in [0.2, 0.25) is 0 Å². The lowest BCUT2D eigenvalue weighted by molar-refractivity contribution is -0.114. The van der Waals surface area contributed by atoms with Crippen LogP contribution in [-0.2, 0) is 9.59 Å². The molecule has 0 spiro atoms. The second-order valence-electron chi connectivity index (χ2n) is 8.92. The topological polar surface area (TPSA) is 34.1 Å². The van der Waals surface area contributed by atoms with Crippen LogP contribution in [0.5, 0.6) is 0 Å². The van der Waals surface area contributed by atoms with Crippen molar-refractivity contribution in [3.63, 3.8) is 0 Å². The third kappa shape index (κ3) is 4.00. The highest BCUT2D eigenvalue weighted by molar-refractivity contribution is 6.10. The van der Waals surface area contributed by atoms with Gasteiger partial charge in [-0.25, -0.2) is 0 Å². The Labute approximate surface area is 159 Å². The van der Waals surface area contributed by atoms with Crippen LogP contribution in [0.1, 0.15) is 55.4 Å². The first-order chi connectivity index (χ1) is 12.0. The zero-order valence-electron chi connectivity index (χ0n) is 17.6. The summed E-state index contributed by atoms with van der Waals surface area (Å²) >= 11 is 0. The minimum atomic E-state index is 0.137. The van der Waals surface area contributed by atoms with Crippen LogP contribution < -0.4 is 0 Å². The molecule has 2 heteroatoms. The monoisotopic (exact) mass is 354 g/mol. The molecular formula is C24H34O2. The maximum absolute atomic E-state index is 12.8. The van der Waals surface area contributed by atoms with Crippen LogP contribution in [0.15, 0.2) is 46.6 Å². The van der Waals surface area contributed by atoms with Crippen molar-refractivity contribution in [2.45, 2.75) is 55.4 Å². The van der Waals surface area contributed by atoms with Crippen LogP contribution in [0, 0.1) is 35.5 Å². The molecule has 0 unspecified atom stereocenters. The standard InChI is InChI=1S/C24H34O2/c1-13(2)19-9-17(10-20(14(3)4)23(19)25)18-11-21(15(5)6)24(26)22(12-18)16(7)8/h9-18H,1-8H3. The molecule has 0 amide bonds. The van der Waals surface area contributed by atoms with E-state index in [-0.39, 0.29) is 47.1 Å². The van der Waals surface area contributed by atoms with Gasteiger partial charge in [-0.15, -0.1) is 0 Å². The highest BCUT2D eigenvalue weighted by atomic mass is 16.1. The Hall–Kier alpha value is -1.70. The summed E-state index contributed by atoms with van der Waals surface area (Å²) in [5.74, 6) is 1.49. The summed E-state index contributed by atoms with van der Waals surface area (Å²) in [6, 6.07) is 0. The number of rotatable bonds is 5. The number of hydrogen-bond acceptors (Lipinski definition) is 2. The summed E-state index contributed by atoms with van der Waals surface area (Å²) in [5.41, 5.74) is 3.66. The maximum Gasteiger partial charge on any atom is 0.184 e. The smallest absolute Gasteiger partial charge is 0.184 e. The highest BCUT2D eigenvalue weighted by Gasteiger charge is 2.32. The molecule has 0 aromatic heterocycles. The molecule has 0 heterocycles. The fourth-order valence-electron chi connectivity index (χ4n) is 3.82. The van der Waals surface area contributed by atoms with Crippen molar-refractivity contribution in [3.8, 4) is 0 Å². The van der Waals surface area contributed by atoms with E-state index in [2.05, 4.69) is 79.7 Å². The lowest BCUT2D eigenvalue weighted by Gasteiger charge is -2.31. The molecule has 0 aliphatic heterocycles. The van der Waals surface area contributed by atoms with Crippen molar-refractivity contribution in [2.24, 2.45) is 35.5 Å². The lowest BCUT2D eigenvalue weighted by Crippen LogP contribution is -2.27. The van der Waals surface area contributed by atoms with Gasteiger partial charge in [0.1, 0.15) is 0 Å². The molecule has 142 valence electrons. The first-order valence-corrected chi connectivity index (χ1v) is 10.0. The van der Waals surface area contributed by atoms with Crippen LogP contribution in [0.4, 0.5) is 0 Å². The Morgan fingerprint density at radius 3 is 0.846 bits per heavy atom. The number of hydrogen-bond donors (Lipinski definition) is 0. The molecule has 0 radical (unpaired) electrons. The van der Waals surface area contributed by atoms with Gasteiger partial charge in [-0.2, -0.15) is 0 Å². The fourth-order valence-corrected chi connectivity index (χ4v) is 3.82. The van der Waals surface area contributed by atoms with Crippen molar-refractivity contribution in [1.82, 2.24) is 0 Å². The van der Waals surface area contributed by atoms with E-state index >= 15 is 0 Å². The maximum atomic E-state index is 12.8. The van der Waals surface area contributed by atoms with E-state index in [9.17, 15) is 9.59 Å². The number of allylic oxidation sites excluding steroid dienone is 8. The van der Waals surface area contributed by atoms with E-state index in [1.807, 2.05) is 0 Å². The van der Waals surface area contributed by atoms with Crippen molar-refractivity contribution in [3.05, 3.63) is 46.6 Å². The second kappa shape index (κ2) is 7.90. The Balaban J connectivity index is 2.55. The molecule has 0 atom stereocenters. The van der Waals surface area contributed by atoms with Crippen molar-refractivity contribution in [1.29, 1.82) is 0 Å². The van der Waals surface area contributed by atoms with Crippen molar-refractivity contribution in [2.75, 3.05) is 0 Å². The van der Waals surface area contributed by atoms with Crippen molar-refractivity contribution >= 4 is 11.6 Å². The molecule has 0 aromatic carbocycles. The van der Waals surface area contributed by atoms with E-state index in [1.165, 1.54) is 0 Å². The normalized spacial score (nSPS) is 20.2. The zero-order chi connectivity index (χ0) is 19.8. The lowest BCUT2D eigenvalue weighted by atomic mass is 9.72. The Morgan fingerprint density at radius 2 is 0.692 bits per heavy atom. The van der Waals surface area contributed by atoms with E-state index in [1.54, 1.807) is 0 Å². The Morgan fingerprint density at radius 1 is 0.500 bits per heavy atom. The molecule has 2 nitrogen and oxygen atoms in total. The van der Waals surface area contributed by atoms with Gasteiger partial charge in [0.25, 0.3) is 0 Å². The van der Waals surface area contributed by atoms with E-state index in [0.29, 0.717) is 0 Å².